The number of ether oxygens (including phenoxy) is 1. The van der Waals surface area contributed by atoms with Gasteiger partial charge in [-0.05, 0) is 57.4 Å². The summed E-state index contributed by atoms with van der Waals surface area (Å²) in [6, 6.07) is 4.15. The van der Waals surface area contributed by atoms with Gasteiger partial charge < -0.3 is 14.7 Å². The van der Waals surface area contributed by atoms with E-state index in [0.717, 1.165) is 11.3 Å². The van der Waals surface area contributed by atoms with Crippen LogP contribution >= 0.6 is 0 Å². The molecule has 1 amide bonds. The molecule has 0 saturated carbocycles. The maximum Gasteiger partial charge on any atom is 0.264 e. The van der Waals surface area contributed by atoms with Crippen molar-refractivity contribution in [2.45, 2.75) is 59.3 Å². The number of aryl methyl sites for hydroxylation is 2. The van der Waals surface area contributed by atoms with E-state index in [1.807, 2.05) is 26.8 Å². The molecule has 4 nitrogen and oxygen atoms in total. The van der Waals surface area contributed by atoms with E-state index < -0.39 is 12.2 Å². The van der Waals surface area contributed by atoms with Gasteiger partial charge in [0.2, 0.25) is 0 Å². The fourth-order valence-electron chi connectivity index (χ4n) is 2.68. The highest BCUT2D eigenvalue weighted by molar-refractivity contribution is 5.83. The first-order valence-corrected chi connectivity index (χ1v) is 7.55. The molecule has 0 saturated heterocycles. The maximum absolute atomic E-state index is 12.7. The third kappa shape index (κ3) is 3.38. The van der Waals surface area contributed by atoms with Crippen LogP contribution < -0.4 is 4.74 Å². The third-order valence-corrected chi connectivity index (χ3v) is 3.99. The first kappa shape index (κ1) is 15.8. The van der Waals surface area contributed by atoms with E-state index >= 15 is 0 Å². The van der Waals surface area contributed by atoms with Gasteiger partial charge in [0.15, 0.2) is 6.10 Å². The largest absolute Gasteiger partial charge is 0.480 e. The van der Waals surface area contributed by atoms with Crippen LogP contribution in [0.5, 0.6) is 5.75 Å². The number of nitrogens with zero attached hydrogens (tertiary/aromatic N) is 1. The molecule has 1 aliphatic rings. The number of carbonyl (C=O) groups excluding carboxylic acids is 1. The minimum absolute atomic E-state index is 0.0441. The summed E-state index contributed by atoms with van der Waals surface area (Å²) in [4.78, 5) is 14.3. The Morgan fingerprint density at radius 1 is 1.33 bits per heavy atom. The van der Waals surface area contributed by atoms with Crippen molar-refractivity contribution in [1.29, 1.82) is 0 Å². The average Bonchev–Trinajstić information content (AvgIpc) is 2.78. The molecule has 0 aliphatic carbocycles. The quantitative estimate of drug-likeness (QED) is 0.925. The van der Waals surface area contributed by atoms with Crippen LogP contribution in [-0.4, -0.2) is 40.7 Å². The molecule has 0 aromatic heterocycles. The first-order chi connectivity index (χ1) is 9.79. The van der Waals surface area contributed by atoms with Crippen molar-refractivity contribution in [1.82, 2.24) is 4.90 Å². The summed E-state index contributed by atoms with van der Waals surface area (Å²) in [7, 11) is 0. The molecule has 1 heterocycles. The smallest absolute Gasteiger partial charge is 0.264 e. The van der Waals surface area contributed by atoms with Crippen molar-refractivity contribution < 1.29 is 14.6 Å². The molecule has 0 fully saturated rings. The summed E-state index contributed by atoms with van der Waals surface area (Å²) in [6.07, 6.45) is -0.398. The molecule has 0 bridgehead atoms. The fraction of sp³-hybridized carbons (Fsp3) is 0.588. The summed E-state index contributed by atoms with van der Waals surface area (Å²) in [5.74, 6) is 0.773. The fourth-order valence-corrected chi connectivity index (χ4v) is 2.68. The SMILES string of the molecule is Cc1cc2c(cc1C)OC(C(=O)N(CC(C)O)C(C)C)C2. The van der Waals surface area contributed by atoms with Crippen LogP contribution in [-0.2, 0) is 11.2 Å². The minimum atomic E-state index is -0.537. The lowest BCUT2D eigenvalue weighted by molar-refractivity contribution is -0.141. The van der Waals surface area contributed by atoms with Gasteiger partial charge in [0.05, 0.1) is 6.10 Å². The number of aliphatic hydroxyl groups excluding tert-OH is 1. The number of benzene rings is 1. The van der Waals surface area contributed by atoms with Gasteiger partial charge in [0.1, 0.15) is 5.75 Å². The van der Waals surface area contributed by atoms with E-state index in [9.17, 15) is 9.90 Å². The van der Waals surface area contributed by atoms with Crippen molar-refractivity contribution in [2.24, 2.45) is 0 Å². The molecule has 1 N–H and O–H groups in total. The van der Waals surface area contributed by atoms with Crippen LogP contribution in [0.1, 0.15) is 37.5 Å². The Kier molecular flexibility index (Phi) is 4.57. The van der Waals surface area contributed by atoms with E-state index in [2.05, 4.69) is 13.0 Å². The van der Waals surface area contributed by atoms with E-state index in [1.165, 1.54) is 11.1 Å². The Labute approximate surface area is 126 Å². The van der Waals surface area contributed by atoms with Gasteiger partial charge in [-0.25, -0.2) is 0 Å². The van der Waals surface area contributed by atoms with Crippen molar-refractivity contribution in [3.05, 3.63) is 28.8 Å². The summed E-state index contributed by atoms with van der Waals surface area (Å²) < 4.78 is 5.84. The van der Waals surface area contributed by atoms with E-state index in [0.29, 0.717) is 13.0 Å². The van der Waals surface area contributed by atoms with Crippen molar-refractivity contribution in [3.8, 4) is 5.75 Å². The summed E-state index contributed by atoms with van der Waals surface area (Å²) in [5, 5.41) is 9.58. The van der Waals surface area contributed by atoms with Crippen molar-refractivity contribution in [2.75, 3.05) is 6.54 Å². The second-order valence-electron chi connectivity index (χ2n) is 6.29. The van der Waals surface area contributed by atoms with Crippen LogP contribution in [0, 0.1) is 13.8 Å². The van der Waals surface area contributed by atoms with E-state index in [4.69, 9.17) is 4.74 Å². The van der Waals surface area contributed by atoms with Gasteiger partial charge in [-0.1, -0.05) is 6.07 Å². The molecule has 1 aliphatic heterocycles. The summed E-state index contributed by atoms with van der Waals surface area (Å²) >= 11 is 0. The maximum atomic E-state index is 12.7. The van der Waals surface area contributed by atoms with Gasteiger partial charge >= 0.3 is 0 Å². The Hall–Kier alpha value is -1.55. The van der Waals surface area contributed by atoms with Gasteiger partial charge in [-0.15, -0.1) is 0 Å². The number of amides is 1. The molecule has 0 spiro atoms. The number of aliphatic hydroxyl groups is 1. The number of hydrogen-bond donors (Lipinski definition) is 1. The number of hydrogen-bond acceptors (Lipinski definition) is 3. The molecule has 4 heteroatoms. The van der Waals surface area contributed by atoms with Gasteiger partial charge in [-0.2, -0.15) is 0 Å². The summed E-state index contributed by atoms with van der Waals surface area (Å²) in [5.41, 5.74) is 3.49. The first-order valence-electron chi connectivity index (χ1n) is 7.55. The predicted octanol–water partition coefficient (Wildman–Crippen LogP) is 2.22. The van der Waals surface area contributed by atoms with Gasteiger partial charge in [0.25, 0.3) is 5.91 Å². The Bertz CT molecular complexity index is 506. The lowest BCUT2D eigenvalue weighted by Gasteiger charge is -2.30. The average molecular weight is 291 g/mol. The molecule has 116 valence electrons. The lowest BCUT2D eigenvalue weighted by atomic mass is 10.0. The Balaban J connectivity index is 2.15. The molecule has 21 heavy (non-hydrogen) atoms. The van der Waals surface area contributed by atoms with E-state index in [1.54, 1.807) is 11.8 Å². The van der Waals surface area contributed by atoms with Gasteiger partial charge in [0, 0.05) is 19.0 Å². The molecular weight excluding hydrogens is 266 g/mol. The second-order valence-corrected chi connectivity index (χ2v) is 6.29. The molecule has 0 radical (unpaired) electrons. The highest BCUT2D eigenvalue weighted by atomic mass is 16.5. The van der Waals surface area contributed by atoms with Gasteiger partial charge in [-0.3, -0.25) is 4.79 Å². The normalized spacial score (nSPS) is 18.3. The van der Waals surface area contributed by atoms with Crippen LogP contribution in [0.15, 0.2) is 12.1 Å². The van der Waals surface area contributed by atoms with Crippen LogP contribution in [0.3, 0.4) is 0 Å². The highest BCUT2D eigenvalue weighted by Crippen LogP contribution is 2.32. The van der Waals surface area contributed by atoms with Crippen LogP contribution in [0.2, 0.25) is 0 Å². The van der Waals surface area contributed by atoms with Crippen LogP contribution in [0.4, 0.5) is 0 Å². The summed E-state index contributed by atoms with van der Waals surface area (Å²) in [6.45, 7) is 10.1. The van der Waals surface area contributed by atoms with Crippen LogP contribution in [0.25, 0.3) is 0 Å². The lowest BCUT2D eigenvalue weighted by Crippen LogP contribution is -2.47. The third-order valence-electron chi connectivity index (χ3n) is 3.99. The highest BCUT2D eigenvalue weighted by Gasteiger charge is 2.34. The molecular formula is C17H25NO3. The minimum Gasteiger partial charge on any atom is -0.480 e. The Morgan fingerprint density at radius 3 is 2.52 bits per heavy atom. The number of fused-ring (bicyclic) bond motifs is 1. The van der Waals surface area contributed by atoms with E-state index in [-0.39, 0.29) is 11.9 Å². The predicted molar refractivity (Wildman–Crippen MR) is 82.6 cm³/mol. The number of carbonyl (C=O) groups is 1. The monoisotopic (exact) mass is 291 g/mol. The molecule has 2 atom stereocenters. The standard InChI is InChI=1S/C17H25NO3/c1-10(2)18(9-13(5)19)17(20)16-8-14-6-11(3)12(4)7-15(14)21-16/h6-7,10,13,16,19H,8-9H2,1-5H3. The zero-order chi connectivity index (χ0) is 15.7. The Morgan fingerprint density at radius 2 is 1.95 bits per heavy atom. The second kappa shape index (κ2) is 6.06. The molecule has 2 unspecified atom stereocenters. The topological polar surface area (TPSA) is 49.8 Å². The molecule has 1 aromatic rings. The number of rotatable bonds is 4. The molecule has 1 aromatic carbocycles. The van der Waals surface area contributed by atoms with Crippen molar-refractivity contribution in [3.63, 3.8) is 0 Å². The van der Waals surface area contributed by atoms with Crippen molar-refractivity contribution >= 4 is 5.91 Å². The molecule has 2 rings (SSSR count). The zero-order valence-electron chi connectivity index (χ0n) is 13.5. The zero-order valence-corrected chi connectivity index (χ0v) is 13.5.